The van der Waals surface area contributed by atoms with Crippen molar-refractivity contribution in [1.29, 1.82) is 0 Å². The highest BCUT2D eigenvalue weighted by Gasteiger charge is 2.47. The van der Waals surface area contributed by atoms with E-state index >= 15 is 0 Å². The fourth-order valence-electron chi connectivity index (χ4n) is 4.27. The number of carbonyl (C=O) groups is 1. The third-order valence-corrected chi connectivity index (χ3v) is 5.81. The van der Waals surface area contributed by atoms with Crippen LogP contribution in [0.5, 0.6) is 0 Å². The summed E-state index contributed by atoms with van der Waals surface area (Å²) < 4.78 is 22.3. The summed E-state index contributed by atoms with van der Waals surface area (Å²) >= 11 is 0. The van der Waals surface area contributed by atoms with Crippen LogP contribution in [0, 0.1) is 5.92 Å². The zero-order valence-electron chi connectivity index (χ0n) is 15.2. The predicted octanol–water partition coefficient (Wildman–Crippen LogP) is 3.29. The van der Waals surface area contributed by atoms with Gasteiger partial charge in [-0.15, -0.1) is 0 Å². The molecule has 0 N–H and O–H groups in total. The second-order valence-corrected chi connectivity index (χ2v) is 7.87. The lowest BCUT2D eigenvalue weighted by Gasteiger charge is -2.32. The van der Waals surface area contributed by atoms with Gasteiger partial charge in [-0.2, -0.15) is 0 Å². The average molecular weight is 341 g/mol. The highest BCUT2D eigenvalue weighted by Crippen LogP contribution is 2.36. The molecular weight excluding hydrogens is 310 g/mol. The van der Waals surface area contributed by atoms with Crippen molar-refractivity contribution in [2.24, 2.45) is 5.92 Å². The Balaban J connectivity index is 1.68. The van der Waals surface area contributed by atoms with E-state index in [9.17, 15) is 4.79 Å². The first-order valence-corrected chi connectivity index (χ1v) is 9.23. The number of hydrogen-bond donors (Lipinski definition) is 0. The maximum absolute atomic E-state index is 12.3. The molecule has 0 aromatic carbocycles. The van der Waals surface area contributed by atoms with Gasteiger partial charge in [-0.25, -0.2) is 4.79 Å². The van der Waals surface area contributed by atoms with Crippen LogP contribution in [-0.4, -0.2) is 55.5 Å². The molecule has 2 aliphatic heterocycles. The van der Waals surface area contributed by atoms with Gasteiger partial charge in [0.15, 0.2) is 0 Å². The monoisotopic (exact) mass is 341 g/mol. The number of amides is 1. The Morgan fingerprint density at radius 3 is 2.58 bits per heavy atom. The Kier molecular flexibility index (Phi) is 5.67. The van der Waals surface area contributed by atoms with Crippen LogP contribution in [0.3, 0.4) is 0 Å². The van der Waals surface area contributed by atoms with Crippen LogP contribution < -0.4 is 0 Å². The zero-order chi connectivity index (χ0) is 17.2. The quantitative estimate of drug-likeness (QED) is 0.742. The highest BCUT2D eigenvalue weighted by molar-refractivity contribution is 5.70. The number of ether oxygens (including phenoxy) is 4. The van der Waals surface area contributed by atoms with Crippen molar-refractivity contribution in [3.8, 4) is 0 Å². The molecule has 6 heteroatoms. The van der Waals surface area contributed by atoms with Gasteiger partial charge < -0.3 is 18.9 Å². The summed E-state index contributed by atoms with van der Waals surface area (Å²) in [6.07, 6.45) is 7.65. The standard InChI is InChI=1S/C18H31NO5/c1-18(2)16(22-12-23-18)10-15-14(9-13-7-5-4-6-8-13)19(11-21-3)17(20)24-15/h13-16H,4-12H2,1-3H3/t14-,15-,16-/m0/s1. The van der Waals surface area contributed by atoms with E-state index in [0.29, 0.717) is 19.1 Å². The van der Waals surface area contributed by atoms with E-state index in [2.05, 4.69) is 0 Å². The van der Waals surface area contributed by atoms with Crippen molar-refractivity contribution >= 4 is 6.09 Å². The van der Waals surface area contributed by atoms with E-state index in [1.165, 1.54) is 32.1 Å². The van der Waals surface area contributed by atoms with E-state index in [1.807, 2.05) is 13.8 Å². The Morgan fingerprint density at radius 2 is 1.96 bits per heavy atom. The molecule has 2 heterocycles. The van der Waals surface area contributed by atoms with E-state index < -0.39 is 0 Å². The van der Waals surface area contributed by atoms with Gasteiger partial charge in [-0.05, 0) is 26.2 Å². The Morgan fingerprint density at radius 1 is 1.21 bits per heavy atom. The first-order chi connectivity index (χ1) is 11.5. The lowest BCUT2D eigenvalue weighted by Crippen LogP contribution is -2.43. The second-order valence-electron chi connectivity index (χ2n) is 7.87. The van der Waals surface area contributed by atoms with Crippen molar-refractivity contribution in [3.63, 3.8) is 0 Å². The summed E-state index contributed by atoms with van der Waals surface area (Å²) in [7, 11) is 1.62. The molecule has 3 atom stereocenters. The SMILES string of the molecule is COCN1C(=O)O[C@@H](C[C@@H]2OCOC2(C)C)[C@@H]1CC1CCCCC1. The fourth-order valence-corrected chi connectivity index (χ4v) is 4.27. The minimum absolute atomic E-state index is 0.0494. The summed E-state index contributed by atoms with van der Waals surface area (Å²) in [5.74, 6) is 0.675. The zero-order valence-corrected chi connectivity index (χ0v) is 15.2. The molecular formula is C18H31NO5. The number of hydrogen-bond acceptors (Lipinski definition) is 5. The molecule has 3 aliphatic rings. The van der Waals surface area contributed by atoms with Crippen LogP contribution in [0.2, 0.25) is 0 Å². The molecule has 3 fully saturated rings. The number of nitrogens with zero attached hydrogens (tertiary/aromatic N) is 1. The molecule has 6 nitrogen and oxygen atoms in total. The van der Waals surface area contributed by atoms with Crippen molar-refractivity contribution < 1.29 is 23.7 Å². The number of rotatable bonds is 6. The fraction of sp³-hybridized carbons (Fsp3) is 0.944. The summed E-state index contributed by atoms with van der Waals surface area (Å²) in [5.41, 5.74) is -0.337. The molecule has 0 bridgehead atoms. The molecule has 138 valence electrons. The van der Waals surface area contributed by atoms with Crippen LogP contribution in [0.15, 0.2) is 0 Å². The van der Waals surface area contributed by atoms with Crippen LogP contribution >= 0.6 is 0 Å². The largest absolute Gasteiger partial charge is 0.444 e. The maximum Gasteiger partial charge on any atom is 0.412 e. The van der Waals surface area contributed by atoms with E-state index in [-0.39, 0.29) is 36.7 Å². The lowest BCUT2D eigenvalue weighted by molar-refractivity contribution is 0.0118. The number of cyclic esters (lactones) is 1. The molecule has 0 aromatic heterocycles. The normalized spacial score (nSPS) is 33.9. The summed E-state index contributed by atoms with van der Waals surface area (Å²) in [5, 5.41) is 0. The van der Waals surface area contributed by atoms with Crippen molar-refractivity contribution in [3.05, 3.63) is 0 Å². The molecule has 0 unspecified atom stereocenters. The van der Waals surface area contributed by atoms with E-state index in [0.717, 1.165) is 6.42 Å². The Hall–Kier alpha value is -0.850. The average Bonchev–Trinajstić information content (AvgIpc) is 3.03. The van der Waals surface area contributed by atoms with Crippen molar-refractivity contribution in [2.75, 3.05) is 20.6 Å². The molecule has 24 heavy (non-hydrogen) atoms. The molecule has 3 rings (SSSR count). The van der Waals surface area contributed by atoms with Gasteiger partial charge in [0, 0.05) is 13.5 Å². The minimum atomic E-state index is -0.337. The molecule has 0 radical (unpaired) electrons. The molecule has 1 amide bonds. The first kappa shape index (κ1) is 18.0. The Bertz CT molecular complexity index is 435. The second kappa shape index (κ2) is 7.58. The van der Waals surface area contributed by atoms with E-state index in [1.54, 1.807) is 12.0 Å². The molecule has 2 saturated heterocycles. The predicted molar refractivity (Wildman–Crippen MR) is 88.5 cm³/mol. The van der Waals surface area contributed by atoms with Crippen LogP contribution in [0.4, 0.5) is 4.79 Å². The van der Waals surface area contributed by atoms with Gasteiger partial charge in [0.05, 0.1) is 17.7 Å². The molecule has 1 saturated carbocycles. The van der Waals surface area contributed by atoms with Gasteiger partial charge >= 0.3 is 6.09 Å². The third-order valence-electron chi connectivity index (χ3n) is 5.81. The molecule has 0 spiro atoms. The third kappa shape index (κ3) is 3.86. The number of carbonyl (C=O) groups excluding carboxylic acids is 1. The maximum atomic E-state index is 12.3. The van der Waals surface area contributed by atoms with Crippen molar-refractivity contribution in [1.82, 2.24) is 4.90 Å². The summed E-state index contributed by atoms with van der Waals surface area (Å²) in [4.78, 5) is 14.1. The number of methoxy groups -OCH3 is 1. The van der Waals surface area contributed by atoms with E-state index in [4.69, 9.17) is 18.9 Å². The topological polar surface area (TPSA) is 57.2 Å². The van der Waals surface area contributed by atoms with Crippen LogP contribution in [0.25, 0.3) is 0 Å². The Labute approximate surface area is 144 Å². The first-order valence-electron chi connectivity index (χ1n) is 9.23. The lowest BCUT2D eigenvalue weighted by atomic mass is 9.82. The summed E-state index contributed by atoms with van der Waals surface area (Å²) in [6, 6.07) is 0.0700. The van der Waals surface area contributed by atoms with Gasteiger partial charge in [0.1, 0.15) is 19.6 Å². The summed E-state index contributed by atoms with van der Waals surface area (Å²) in [6.45, 7) is 4.67. The van der Waals surface area contributed by atoms with Gasteiger partial charge in [0.25, 0.3) is 0 Å². The smallest absolute Gasteiger partial charge is 0.412 e. The minimum Gasteiger partial charge on any atom is -0.444 e. The van der Waals surface area contributed by atoms with Crippen molar-refractivity contribution in [2.45, 2.75) is 82.6 Å². The van der Waals surface area contributed by atoms with Gasteiger partial charge in [-0.3, -0.25) is 4.90 Å². The van der Waals surface area contributed by atoms with Gasteiger partial charge in [-0.1, -0.05) is 32.1 Å². The molecule has 0 aromatic rings. The molecule has 1 aliphatic carbocycles. The van der Waals surface area contributed by atoms with Gasteiger partial charge in [0.2, 0.25) is 0 Å². The van der Waals surface area contributed by atoms with Crippen LogP contribution in [0.1, 0.15) is 58.8 Å². The van der Waals surface area contributed by atoms with Crippen LogP contribution in [-0.2, 0) is 18.9 Å². The highest BCUT2D eigenvalue weighted by atomic mass is 16.7.